The van der Waals surface area contributed by atoms with Gasteiger partial charge in [0.1, 0.15) is 23.0 Å². The molecule has 4 aromatic rings. The molecule has 0 bridgehead atoms. The molecule has 1 aliphatic carbocycles. The summed E-state index contributed by atoms with van der Waals surface area (Å²) in [7, 11) is 8.24. The lowest BCUT2D eigenvalue weighted by Crippen LogP contribution is -2.64. The molecule has 2 aromatic heterocycles. The molecule has 8 nitrogen and oxygen atoms in total. The summed E-state index contributed by atoms with van der Waals surface area (Å²) in [6, 6.07) is 12.3. The molecule has 8 heteroatoms. The summed E-state index contributed by atoms with van der Waals surface area (Å²) in [5, 5.41) is 31.9. The van der Waals surface area contributed by atoms with Crippen LogP contribution in [-0.2, 0) is 0 Å². The maximum atomic E-state index is 14.0. The second kappa shape index (κ2) is 7.98. The van der Waals surface area contributed by atoms with Gasteiger partial charge in [-0.2, -0.15) is 0 Å². The first-order chi connectivity index (χ1) is 18.9. The first-order valence-electron chi connectivity index (χ1n) is 14.0. The van der Waals surface area contributed by atoms with Gasteiger partial charge in [-0.15, -0.1) is 12.2 Å². The fourth-order valence-corrected chi connectivity index (χ4v) is 7.10. The van der Waals surface area contributed by atoms with Crippen LogP contribution in [0.15, 0.2) is 48.8 Å². The van der Waals surface area contributed by atoms with E-state index in [1.54, 1.807) is 12.4 Å². The van der Waals surface area contributed by atoms with Crippen molar-refractivity contribution in [1.29, 1.82) is 0 Å². The van der Waals surface area contributed by atoms with E-state index in [4.69, 9.17) is 9.97 Å². The zero-order valence-electron chi connectivity index (χ0n) is 24.4. The Hall–Kier alpha value is -3.62. The van der Waals surface area contributed by atoms with Crippen LogP contribution in [0.2, 0.25) is 0 Å². The second-order valence-corrected chi connectivity index (χ2v) is 12.7. The van der Waals surface area contributed by atoms with Gasteiger partial charge in [0.25, 0.3) is 0 Å². The molecule has 1 saturated carbocycles. The molecule has 2 aromatic carbocycles. The Bertz CT molecular complexity index is 1530. The van der Waals surface area contributed by atoms with Gasteiger partial charge in [0.2, 0.25) is 0 Å². The number of anilines is 4. The largest absolute Gasteiger partial charge is 0.851 e. The van der Waals surface area contributed by atoms with Gasteiger partial charge in [-0.3, -0.25) is 0 Å². The molecule has 2 aliphatic heterocycles. The summed E-state index contributed by atoms with van der Waals surface area (Å²) < 4.78 is 0. The van der Waals surface area contributed by atoms with Crippen molar-refractivity contribution < 1.29 is 10.2 Å². The number of nitrogens with zero attached hydrogens (tertiary/aromatic N) is 6. The van der Waals surface area contributed by atoms with Crippen molar-refractivity contribution in [1.82, 2.24) is 9.97 Å². The van der Waals surface area contributed by atoms with E-state index < -0.39 is 24.0 Å². The normalized spacial score (nSPS) is 26.4. The number of aromatic nitrogens is 2. The lowest BCUT2D eigenvalue weighted by Gasteiger charge is -2.62. The van der Waals surface area contributed by atoms with Crippen molar-refractivity contribution in [3.63, 3.8) is 0 Å². The van der Waals surface area contributed by atoms with E-state index in [0.29, 0.717) is 0 Å². The van der Waals surface area contributed by atoms with E-state index in [2.05, 4.69) is 73.5 Å². The molecule has 0 N–H and O–H groups in total. The Balaban J connectivity index is 1.32. The van der Waals surface area contributed by atoms with Crippen LogP contribution in [0, 0.1) is 0 Å². The predicted octanol–water partition coefficient (Wildman–Crippen LogP) is 3.37. The maximum Gasteiger partial charge on any atom is 0.140 e. The molecule has 40 heavy (non-hydrogen) atoms. The summed E-state index contributed by atoms with van der Waals surface area (Å²) in [5.41, 5.74) is 3.12. The Kier molecular flexibility index (Phi) is 5.06. The van der Waals surface area contributed by atoms with Gasteiger partial charge in [-0.1, -0.05) is 24.3 Å². The van der Waals surface area contributed by atoms with Crippen molar-refractivity contribution >= 4 is 44.6 Å². The molecule has 1 fully saturated rings. The monoisotopic (exact) mass is 536 g/mol. The lowest BCUT2D eigenvalue weighted by molar-refractivity contribution is -0.535. The van der Waals surface area contributed by atoms with E-state index in [-0.39, 0.29) is 11.3 Å². The van der Waals surface area contributed by atoms with Gasteiger partial charge in [-0.25, -0.2) is 9.97 Å². The molecule has 0 spiro atoms. The highest BCUT2D eigenvalue weighted by Crippen LogP contribution is 2.53. The number of benzene rings is 2. The Morgan fingerprint density at radius 1 is 0.600 bits per heavy atom. The molecule has 0 saturated heterocycles. The molecular weight excluding hydrogens is 500 g/mol. The van der Waals surface area contributed by atoms with Crippen LogP contribution >= 0.6 is 0 Å². The molecular formula is C32H36N6O2-2. The quantitative estimate of drug-likeness (QED) is 0.386. The fourth-order valence-electron chi connectivity index (χ4n) is 7.10. The summed E-state index contributed by atoms with van der Waals surface area (Å²) in [4.78, 5) is 18.5. The Morgan fingerprint density at radius 3 is 1.35 bits per heavy atom. The molecule has 0 radical (unpaired) electrons. The van der Waals surface area contributed by atoms with E-state index in [9.17, 15) is 10.2 Å². The van der Waals surface area contributed by atoms with Crippen LogP contribution in [0.4, 0.5) is 23.0 Å². The minimum atomic E-state index is -1.08. The van der Waals surface area contributed by atoms with Gasteiger partial charge in [-0.05, 0) is 73.6 Å². The second-order valence-electron chi connectivity index (χ2n) is 12.7. The molecule has 0 unspecified atom stereocenters. The smallest absolute Gasteiger partial charge is 0.140 e. The van der Waals surface area contributed by atoms with Gasteiger partial charge in [0, 0.05) is 62.7 Å². The minimum absolute atomic E-state index is 0.265. The van der Waals surface area contributed by atoms with E-state index in [1.165, 1.54) is 0 Å². The number of rotatable bonds is 2. The van der Waals surface area contributed by atoms with Gasteiger partial charge in [0.05, 0.1) is 0 Å². The summed E-state index contributed by atoms with van der Waals surface area (Å²) >= 11 is 0. The van der Waals surface area contributed by atoms with E-state index in [1.807, 2.05) is 38.4 Å². The molecule has 3 aliphatic rings. The topological polar surface area (TPSA) is 84.9 Å². The average molecular weight is 537 g/mol. The molecule has 0 atom stereocenters. The highest BCUT2D eigenvalue weighted by molar-refractivity contribution is 6.07. The van der Waals surface area contributed by atoms with Crippen LogP contribution in [0.1, 0.15) is 50.7 Å². The van der Waals surface area contributed by atoms with Gasteiger partial charge < -0.3 is 29.8 Å². The zero-order valence-corrected chi connectivity index (χ0v) is 24.4. The maximum absolute atomic E-state index is 14.0. The summed E-state index contributed by atoms with van der Waals surface area (Å²) in [5.74, 6) is 0.425. The third kappa shape index (κ3) is 2.93. The molecule has 7 rings (SSSR count). The lowest BCUT2D eigenvalue weighted by atomic mass is 9.62. The summed E-state index contributed by atoms with van der Waals surface area (Å²) in [6.07, 6.45) is 1.40. The standard InChI is InChI=1S/C32H36N6O2/c1-31(2)35(5)21-13-9-11-17-19(15-33-29(23(17)21)37(31)7)25-27(39)26(28(25)40)20-16-34-30-24-18(20)12-10-14-22(24)36(6)32(3,4)38(30)8/h9-16,25-28H,1-8H3/q-2. The van der Waals surface area contributed by atoms with E-state index >= 15 is 0 Å². The number of pyridine rings is 2. The fraction of sp³-hybridized carbons (Fsp3) is 0.438. The van der Waals surface area contributed by atoms with E-state index in [0.717, 1.165) is 55.7 Å². The van der Waals surface area contributed by atoms with Gasteiger partial charge in [0.15, 0.2) is 0 Å². The molecule has 4 heterocycles. The first kappa shape index (κ1) is 25.4. The van der Waals surface area contributed by atoms with Crippen molar-refractivity contribution in [3.8, 4) is 0 Å². The third-order valence-corrected chi connectivity index (χ3v) is 10.6. The third-order valence-electron chi connectivity index (χ3n) is 10.6. The zero-order chi connectivity index (χ0) is 28.5. The van der Waals surface area contributed by atoms with Crippen LogP contribution in [0.25, 0.3) is 21.5 Å². The number of hydrogen-bond donors (Lipinski definition) is 0. The number of hydrogen-bond acceptors (Lipinski definition) is 8. The van der Waals surface area contributed by atoms with Crippen LogP contribution < -0.4 is 29.8 Å². The van der Waals surface area contributed by atoms with Crippen molar-refractivity contribution in [2.75, 3.05) is 47.8 Å². The highest BCUT2D eigenvalue weighted by Gasteiger charge is 2.44. The highest BCUT2D eigenvalue weighted by atomic mass is 16.3. The Morgan fingerprint density at radius 2 is 0.975 bits per heavy atom. The minimum Gasteiger partial charge on any atom is -0.851 e. The summed E-state index contributed by atoms with van der Waals surface area (Å²) in [6.45, 7) is 8.64. The van der Waals surface area contributed by atoms with Crippen molar-refractivity contribution in [2.24, 2.45) is 0 Å². The average Bonchev–Trinajstić information content (AvgIpc) is 2.94. The van der Waals surface area contributed by atoms with Crippen LogP contribution in [0.5, 0.6) is 0 Å². The SMILES string of the molecule is CN1c2cccc3c(C4C([O-])C(c5cnc6c7c(cccc57)N(C)C(C)(C)N6C)C4[O-])cnc(c23)N(C)C1(C)C. The van der Waals surface area contributed by atoms with Crippen molar-refractivity contribution in [2.45, 2.75) is 63.1 Å². The Labute approximate surface area is 235 Å². The van der Waals surface area contributed by atoms with Gasteiger partial charge >= 0.3 is 0 Å². The molecule has 0 amide bonds. The van der Waals surface area contributed by atoms with Crippen LogP contribution in [0.3, 0.4) is 0 Å². The predicted molar refractivity (Wildman–Crippen MR) is 158 cm³/mol. The van der Waals surface area contributed by atoms with Crippen LogP contribution in [-0.4, -0.2) is 61.7 Å². The van der Waals surface area contributed by atoms with Crippen molar-refractivity contribution in [3.05, 3.63) is 59.9 Å². The molecule has 208 valence electrons. The first-order valence-corrected chi connectivity index (χ1v) is 14.0.